The Morgan fingerprint density at radius 1 is 1.07 bits per heavy atom. The average molecular weight is 438 g/mol. The molecule has 2 aromatic carbocycles. The Morgan fingerprint density at radius 3 is 2.50 bits per heavy atom. The number of aromatic nitrogens is 3. The lowest BCUT2D eigenvalue weighted by molar-refractivity contribution is 0.309. The molecule has 5 nitrogen and oxygen atoms in total. The SMILES string of the molecule is CCCCOc1ccc(/C=c2/sc3nc(/C=C/c4ccc(Cl)cc4)nn3c2=O)cc1. The number of hydrogen-bond donors (Lipinski definition) is 0. The van der Waals surface area contributed by atoms with Gasteiger partial charge in [-0.3, -0.25) is 4.79 Å². The van der Waals surface area contributed by atoms with Crippen molar-refractivity contribution in [1.29, 1.82) is 0 Å². The highest BCUT2D eigenvalue weighted by Gasteiger charge is 2.09. The van der Waals surface area contributed by atoms with Crippen molar-refractivity contribution in [2.45, 2.75) is 19.8 Å². The lowest BCUT2D eigenvalue weighted by atomic mass is 10.2. The van der Waals surface area contributed by atoms with Gasteiger partial charge in [-0.05, 0) is 54.0 Å². The summed E-state index contributed by atoms with van der Waals surface area (Å²) in [5, 5.41) is 5.00. The monoisotopic (exact) mass is 437 g/mol. The van der Waals surface area contributed by atoms with Gasteiger partial charge in [-0.1, -0.05) is 66.6 Å². The zero-order valence-electron chi connectivity index (χ0n) is 16.4. The number of fused-ring (bicyclic) bond motifs is 1. The molecular formula is C23H20ClN3O2S. The minimum absolute atomic E-state index is 0.170. The van der Waals surface area contributed by atoms with Crippen LogP contribution in [0.3, 0.4) is 0 Å². The van der Waals surface area contributed by atoms with E-state index in [9.17, 15) is 4.79 Å². The molecular weight excluding hydrogens is 418 g/mol. The molecule has 0 unspecified atom stereocenters. The van der Waals surface area contributed by atoms with Gasteiger partial charge in [-0.2, -0.15) is 9.50 Å². The lowest BCUT2D eigenvalue weighted by Gasteiger charge is -2.04. The van der Waals surface area contributed by atoms with E-state index in [4.69, 9.17) is 16.3 Å². The van der Waals surface area contributed by atoms with Crippen molar-refractivity contribution in [2.75, 3.05) is 6.61 Å². The van der Waals surface area contributed by atoms with E-state index >= 15 is 0 Å². The molecule has 4 aromatic rings. The van der Waals surface area contributed by atoms with Gasteiger partial charge in [0.15, 0.2) is 5.82 Å². The van der Waals surface area contributed by atoms with E-state index in [2.05, 4.69) is 17.0 Å². The van der Waals surface area contributed by atoms with Crippen LogP contribution in [0, 0.1) is 0 Å². The van der Waals surface area contributed by atoms with Gasteiger partial charge < -0.3 is 4.74 Å². The zero-order valence-corrected chi connectivity index (χ0v) is 18.0. The molecule has 0 radical (unpaired) electrons. The van der Waals surface area contributed by atoms with Crippen LogP contribution in [0.1, 0.15) is 36.7 Å². The Morgan fingerprint density at radius 2 is 1.80 bits per heavy atom. The van der Waals surface area contributed by atoms with Crippen LogP contribution in [0.25, 0.3) is 23.2 Å². The van der Waals surface area contributed by atoms with Gasteiger partial charge in [0, 0.05) is 5.02 Å². The maximum atomic E-state index is 12.7. The van der Waals surface area contributed by atoms with Crippen LogP contribution in [0.4, 0.5) is 0 Å². The van der Waals surface area contributed by atoms with E-state index in [0.29, 0.717) is 26.9 Å². The van der Waals surface area contributed by atoms with Crippen molar-refractivity contribution in [2.24, 2.45) is 0 Å². The minimum Gasteiger partial charge on any atom is -0.494 e. The Hall–Kier alpha value is -2.96. The van der Waals surface area contributed by atoms with E-state index < -0.39 is 0 Å². The van der Waals surface area contributed by atoms with Crippen molar-refractivity contribution < 1.29 is 4.74 Å². The third-order valence-corrected chi connectivity index (χ3v) is 5.65. The Labute approximate surface area is 182 Å². The summed E-state index contributed by atoms with van der Waals surface area (Å²) in [4.78, 5) is 17.7. The second-order valence-corrected chi connectivity index (χ2v) is 8.18. The van der Waals surface area contributed by atoms with Crippen LogP contribution in [0.15, 0.2) is 53.3 Å². The first-order chi connectivity index (χ1) is 14.6. The molecule has 0 bridgehead atoms. The molecule has 0 aliphatic rings. The first-order valence-electron chi connectivity index (χ1n) is 9.70. The summed E-state index contributed by atoms with van der Waals surface area (Å²) in [6.07, 6.45) is 7.65. The van der Waals surface area contributed by atoms with Crippen LogP contribution >= 0.6 is 22.9 Å². The fourth-order valence-corrected chi connectivity index (χ4v) is 3.85. The van der Waals surface area contributed by atoms with Crippen molar-refractivity contribution >= 4 is 46.1 Å². The highest BCUT2D eigenvalue weighted by molar-refractivity contribution is 7.15. The highest BCUT2D eigenvalue weighted by Crippen LogP contribution is 2.14. The second-order valence-electron chi connectivity index (χ2n) is 6.74. The maximum Gasteiger partial charge on any atom is 0.291 e. The van der Waals surface area contributed by atoms with Crippen molar-refractivity contribution in [3.05, 3.63) is 85.4 Å². The van der Waals surface area contributed by atoms with Gasteiger partial charge in [0.2, 0.25) is 4.96 Å². The van der Waals surface area contributed by atoms with Crippen molar-refractivity contribution in [3.63, 3.8) is 0 Å². The van der Waals surface area contributed by atoms with E-state index in [1.807, 2.05) is 60.7 Å². The van der Waals surface area contributed by atoms with E-state index in [1.165, 1.54) is 15.9 Å². The fourth-order valence-electron chi connectivity index (χ4n) is 2.81. The van der Waals surface area contributed by atoms with Crippen LogP contribution in [-0.2, 0) is 0 Å². The Kier molecular flexibility index (Phi) is 6.26. The molecule has 0 spiro atoms. The smallest absolute Gasteiger partial charge is 0.291 e. The molecule has 152 valence electrons. The molecule has 4 rings (SSSR count). The van der Waals surface area contributed by atoms with Gasteiger partial charge in [0.25, 0.3) is 5.56 Å². The zero-order chi connectivity index (χ0) is 20.9. The van der Waals surface area contributed by atoms with Gasteiger partial charge in [-0.15, -0.1) is 5.10 Å². The molecule has 0 saturated heterocycles. The summed E-state index contributed by atoms with van der Waals surface area (Å²) < 4.78 is 7.62. The Balaban J connectivity index is 1.53. The number of halogens is 1. The summed E-state index contributed by atoms with van der Waals surface area (Å²) in [6, 6.07) is 15.2. The standard InChI is InChI=1S/C23H20ClN3O2S/c1-2-3-14-29-19-11-6-17(7-12-19)15-20-22(28)27-23(30-20)25-21(26-27)13-8-16-4-9-18(24)10-5-16/h4-13,15H,2-3,14H2,1H3/b13-8+,20-15+. The molecule has 2 aromatic heterocycles. The van der Waals surface area contributed by atoms with Crippen LogP contribution in [-0.4, -0.2) is 21.2 Å². The molecule has 0 atom stereocenters. The molecule has 30 heavy (non-hydrogen) atoms. The van der Waals surface area contributed by atoms with E-state index in [1.54, 1.807) is 6.08 Å². The second kappa shape index (κ2) is 9.24. The predicted molar refractivity (Wildman–Crippen MR) is 123 cm³/mol. The molecule has 0 N–H and O–H groups in total. The van der Waals surface area contributed by atoms with E-state index in [0.717, 1.165) is 29.7 Å². The molecule has 2 heterocycles. The van der Waals surface area contributed by atoms with Gasteiger partial charge in [0.1, 0.15) is 5.75 Å². The normalized spacial score (nSPS) is 12.3. The first-order valence-corrected chi connectivity index (χ1v) is 10.9. The molecule has 0 fully saturated rings. The summed E-state index contributed by atoms with van der Waals surface area (Å²) >= 11 is 7.22. The quantitative estimate of drug-likeness (QED) is 0.393. The number of unbranched alkanes of at least 4 members (excludes halogenated alkanes) is 1. The minimum atomic E-state index is -0.170. The number of thiazole rings is 1. The van der Waals surface area contributed by atoms with Crippen molar-refractivity contribution in [3.8, 4) is 5.75 Å². The number of benzene rings is 2. The topological polar surface area (TPSA) is 56.5 Å². The largest absolute Gasteiger partial charge is 0.494 e. The molecule has 7 heteroatoms. The maximum absolute atomic E-state index is 12.7. The summed E-state index contributed by atoms with van der Waals surface area (Å²) in [7, 11) is 0. The van der Waals surface area contributed by atoms with Gasteiger partial charge in [0.05, 0.1) is 11.1 Å². The first kappa shape index (κ1) is 20.3. The summed E-state index contributed by atoms with van der Waals surface area (Å²) in [6.45, 7) is 2.85. The van der Waals surface area contributed by atoms with Gasteiger partial charge in [-0.25, -0.2) is 0 Å². The number of rotatable bonds is 7. The average Bonchev–Trinajstić information content (AvgIpc) is 3.28. The third kappa shape index (κ3) is 4.78. The lowest BCUT2D eigenvalue weighted by Crippen LogP contribution is -2.23. The number of ether oxygens (including phenoxy) is 1. The van der Waals surface area contributed by atoms with Crippen LogP contribution in [0.2, 0.25) is 5.02 Å². The van der Waals surface area contributed by atoms with Crippen LogP contribution < -0.4 is 14.8 Å². The van der Waals surface area contributed by atoms with Crippen LogP contribution in [0.5, 0.6) is 5.75 Å². The molecule has 0 aliphatic heterocycles. The van der Waals surface area contributed by atoms with E-state index in [-0.39, 0.29) is 5.56 Å². The third-order valence-electron chi connectivity index (χ3n) is 4.44. The Bertz CT molecular complexity index is 1280. The fraction of sp³-hybridized carbons (Fsp3) is 0.174. The molecule has 0 saturated carbocycles. The predicted octanol–water partition coefficient (Wildman–Crippen LogP) is 4.70. The number of hydrogen-bond acceptors (Lipinski definition) is 5. The van der Waals surface area contributed by atoms with Crippen molar-refractivity contribution in [1.82, 2.24) is 14.6 Å². The van der Waals surface area contributed by atoms with Gasteiger partial charge >= 0.3 is 0 Å². The molecule has 0 aliphatic carbocycles. The number of nitrogens with zero attached hydrogens (tertiary/aromatic N) is 3. The summed E-state index contributed by atoms with van der Waals surface area (Å²) in [5.74, 6) is 1.33. The molecule has 0 amide bonds. The highest BCUT2D eigenvalue weighted by atomic mass is 35.5. The summed E-state index contributed by atoms with van der Waals surface area (Å²) in [5.41, 5.74) is 1.75.